The summed E-state index contributed by atoms with van der Waals surface area (Å²) in [5.74, 6) is 0.491. The lowest BCUT2D eigenvalue weighted by Crippen LogP contribution is -2.35. The molecule has 22 heavy (non-hydrogen) atoms. The lowest BCUT2D eigenvalue weighted by molar-refractivity contribution is 0.0820. The Morgan fingerprint density at radius 1 is 1.27 bits per heavy atom. The average Bonchev–Trinajstić information content (AvgIpc) is 2.89. The van der Waals surface area contributed by atoms with E-state index in [4.69, 9.17) is 25.2 Å². The molecule has 3 rings (SSSR count). The molecule has 0 amide bonds. The van der Waals surface area contributed by atoms with Crippen molar-refractivity contribution >= 4 is 33.5 Å². The maximum Gasteiger partial charge on any atom is 0.336 e. The number of aliphatic hydroxyl groups excluding tert-OH is 1. The van der Waals surface area contributed by atoms with Crippen LogP contribution in [-0.4, -0.2) is 22.7 Å². The van der Waals surface area contributed by atoms with Gasteiger partial charge in [0.05, 0.1) is 21.9 Å². The van der Waals surface area contributed by atoms with E-state index in [-0.39, 0.29) is 6.61 Å². The van der Waals surface area contributed by atoms with Crippen LogP contribution in [0.3, 0.4) is 0 Å². The first kappa shape index (κ1) is 14.9. The average molecular weight is 323 g/mol. The van der Waals surface area contributed by atoms with Gasteiger partial charge in [-0.3, -0.25) is 0 Å². The number of hydrogen-bond acceptors (Lipinski definition) is 5. The van der Waals surface area contributed by atoms with Gasteiger partial charge in [0, 0.05) is 12.1 Å². The van der Waals surface area contributed by atoms with Crippen LogP contribution < -0.4 is 10.4 Å². The van der Waals surface area contributed by atoms with Crippen molar-refractivity contribution in [3.63, 3.8) is 0 Å². The first-order valence-corrected chi connectivity index (χ1v) is 7.18. The largest absolute Gasteiger partial charge is 0.489 e. The zero-order valence-electron chi connectivity index (χ0n) is 12.1. The summed E-state index contributed by atoms with van der Waals surface area (Å²) in [6.45, 7) is 3.42. The van der Waals surface area contributed by atoms with Gasteiger partial charge in [-0.2, -0.15) is 0 Å². The minimum atomic E-state index is -0.859. The molecule has 0 fully saturated rings. The predicted molar refractivity (Wildman–Crippen MR) is 83.7 cm³/mol. The third kappa shape index (κ3) is 2.69. The topological polar surface area (TPSA) is 72.8 Å². The maximum absolute atomic E-state index is 11.4. The smallest absolute Gasteiger partial charge is 0.336 e. The molecule has 6 heteroatoms. The van der Waals surface area contributed by atoms with Crippen LogP contribution in [-0.2, 0) is 0 Å². The summed E-state index contributed by atoms with van der Waals surface area (Å²) >= 11 is 6.08. The summed E-state index contributed by atoms with van der Waals surface area (Å²) in [6.07, 6.45) is 0.665. The molecule has 5 nitrogen and oxygen atoms in total. The summed E-state index contributed by atoms with van der Waals surface area (Å²) in [5, 5.41) is 11.4. The third-order valence-corrected chi connectivity index (χ3v) is 3.74. The van der Waals surface area contributed by atoms with Crippen molar-refractivity contribution in [2.45, 2.75) is 24.8 Å². The molecular formula is C16H15ClO5. The van der Waals surface area contributed by atoms with Gasteiger partial charge >= 0.3 is 5.63 Å². The lowest BCUT2D eigenvalue weighted by atomic mass is 10.1. The predicted octanol–water partition coefficient (Wildman–Crippen LogP) is 3.30. The van der Waals surface area contributed by atoms with Gasteiger partial charge in [0.25, 0.3) is 0 Å². The van der Waals surface area contributed by atoms with E-state index < -0.39 is 16.6 Å². The number of hydrogen-bond donors (Lipinski definition) is 1. The Balaban J connectivity index is 2.08. The van der Waals surface area contributed by atoms with Gasteiger partial charge in [-0.05, 0) is 26.0 Å². The zero-order valence-corrected chi connectivity index (χ0v) is 12.9. The van der Waals surface area contributed by atoms with Crippen LogP contribution >= 0.6 is 11.6 Å². The summed E-state index contributed by atoms with van der Waals surface area (Å²) in [6, 6.07) is 6.35. The monoisotopic (exact) mass is 322 g/mol. The molecule has 0 bridgehead atoms. The highest BCUT2D eigenvalue weighted by Crippen LogP contribution is 2.35. The van der Waals surface area contributed by atoms with Crippen LogP contribution in [0, 0.1) is 0 Å². The summed E-state index contributed by atoms with van der Waals surface area (Å²) in [5.41, 5.74) is 0.451. The molecule has 1 aromatic carbocycles. The molecule has 0 aliphatic rings. The van der Waals surface area contributed by atoms with E-state index in [2.05, 4.69) is 0 Å². The molecule has 0 radical (unpaired) electrons. The Kier molecular flexibility index (Phi) is 3.62. The van der Waals surface area contributed by atoms with Crippen LogP contribution in [0.2, 0.25) is 0 Å². The number of halogens is 1. The van der Waals surface area contributed by atoms with Crippen LogP contribution in [0.15, 0.2) is 44.2 Å². The minimum Gasteiger partial charge on any atom is -0.489 e. The zero-order chi connectivity index (χ0) is 15.9. The van der Waals surface area contributed by atoms with E-state index in [1.54, 1.807) is 32.0 Å². The number of ether oxygens (including phenoxy) is 1. The molecule has 0 aliphatic heterocycles. The van der Waals surface area contributed by atoms with E-state index in [9.17, 15) is 9.90 Å². The highest BCUT2D eigenvalue weighted by atomic mass is 35.5. The van der Waals surface area contributed by atoms with Gasteiger partial charge in [-0.1, -0.05) is 0 Å². The van der Waals surface area contributed by atoms with Crippen LogP contribution in [0.4, 0.5) is 0 Å². The standard InChI is InChI=1S/C16H15ClO5/c1-16(2,17)13(18)8-21-15-9-3-4-14(19)22-12(9)7-11-10(15)5-6-20-11/h3-7,13,18H,8H2,1-2H3. The number of furan rings is 1. The molecule has 1 atom stereocenters. The van der Waals surface area contributed by atoms with E-state index in [1.165, 1.54) is 12.3 Å². The Morgan fingerprint density at radius 2 is 2.00 bits per heavy atom. The van der Waals surface area contributed by atoms with Crippen LogP contribution in [0.1, 0.15) is 13.8 Å². The fraction of sp³-hybridized carbons (Fsp3) is 0.312. The Labute approximate surface area is 131 Å². The highest BCUT2D eigenvalue weighted by molar-refractivity contribution is 6.23. The first-order chi connectivity index (χ1) is 10.4. The molecule has 0 saturated carbocycles. The lowest BCUT2D eigenvalue weighted by Gasteiger charge is -2.23. The second-order valence-electron chi connectivity index (χ2n) is 5.60. The number of benzene rings is 1. The van der Waals surface area contributed by atoms with Gasteiger partial charge < -0.3 is 18.7 Å². The fourth-order valence-electron chi connectivity index (χ4n) is 2.13. The molecule has 116 valence electrons. The molecule has 0 aliphatic carbocycles. The fourth-order valence-corrected chi connectivity index (χ4v) is 2.19. The Hall–Kier alpha value is -1.98. The maximum atomic E-state index is 11.4. The number of rotatable bonds is 4. The van der Waals surface area contributed by atoms with Crippen molar-refractivity contribution in [1.82, 2.24) is 0 Å². The number of fused-ring (bicyclic) bond motifs is 2. The van der Waals surface area contributed by atoms with Gasteiger partial charge in [-0.15, -0.1) is 11.6 Å². The van der Waals surface area contributed by atoms with Crippen molar-refractivity contribution in [3.05, 3.63) is 40.9 Å². The first-order valence-electron chi connectivity index (χ1n) is 6.80. The Bertz CT molecular complexity index is 871. The number of alkyl halides is 1. The molecule has 1 N–H and O–H groups in total. The van der Waals surface area contributed by atoms with Crippen molar-refractivity contribution in [2.24, 2.45) is 0 Å². The normalized spacial score (nSPS) is 13.6. The Morgan fingerprint density at radius 3 is 2.73 bits per heavy atom. The van der Waals surface area contributed by atoms with Crippen LogP contribution in [0.5, 0.6) is 5.75 Å². The molecule has 2 heterocycles. The van der Waals surface area contributed by atoms with Crippen LogP contribution in [0.25, 0.3) is 21.9 Å². The minimum absolute atomic E-state index is 0.00895. The van der Waals surface area contributed by atoms with Crippen molar-refractivity contribution in [1.29, 1.82) is 0 Å². The van der Waals surface area contributed by atoms with Crippen molar-refractivity contribution in [2.75, 3.05) is 6.61 Å². The SMILES string of the molecule is CC(C)(Cl)C(O)COc1c2ccoc2cc2oc(=O)ccc12. The van der Waals surface area contributed by atoms with Gasteiger partial charge in [0.1, 0.15) is 29.6 Å². The highest BCUT2D eigenvalue weighted by Gasteiger charge is 2.26. The summed E-state index contributed by atoms with van der Waals surface area (Å²) < 4.78 is 16.3. The number of aliphatic hydroxyl groups is 1. The molecule has 0 spiro atoms. The molecule has 2 aromatic heterocycles. The van der Waals surface area contributed by atoms with E-state index in [1.807, 2.05) is 0 Å². The van der Waals surface area contributed by atoms with Gasteiger partial charge in [0.15, 0.2) is 0 Å². The second-order valence-corrected chi connectivity index (χ2v) is 6.57. The van der Waals surface area contributed by atoms with E-state index >= 15 is 0 Å². The van der Waals surface area contributed by atoms with Gasteiger partial charge in [0.2, 0.25) is 0 Å². The third-order valence-electron chi connectivity index (χ3n) is 3.49. The van der Waals surface area contributed by atoms with Gasteiger partial charge in [-0.25, -0.2) is 4.79 Å². The second kappa shape index (κ2) is 5.34. The molecule has 3 aromatic rings. The molecule has 1 unspecified atom stereocenters. The van der Waals surface area contributed by atoms with Crippen molar-refractivity contribution in [3.8, 4) is 5.75 Å². The van der Waals surface area contributed by atoms with E-state index in [0.29, 0.717) is 22.3 Å². The van der Waals surface area contributed by atoms with Crippen molar-refractivity contribution < 1.29 is 18.7 Å². The quantitative estimate of drug-likeness (QED) is 0.589. The van der Waals surface area contributed by atoms with E-state index in [0.717, 1.165) is 5.39 Å². The summed E-state index contributed by atoms with van der Waals surface area (Å²) in [4.78, 5) is 10.6. The molecule has 0 saturated heterocycles. The summed E-state index contributed by atoms with van der Waals surface area (Å²) in [7, 11) is 0. The molecular weight excluding hydrogens is 308 g/mol.